The second kappa shape index (κ2) is 3.74. The van der Waals surface area contributed by atoms with Gasteiger partial charge < -0.3 is 0 Å². The third-order valence-corrected chi connectivity index (χ3v) is 5.20. The molecule has 0 unspecified atom stereocenters. The number of thiophene rings is 2. The van der Waals surface area contributed by atoms with Crippen LogP contribution in [-0.4, -0.2) is 0 Å². The molecule has 0 atom stereocenters. The number of hydrogen-bond donors (Lipinski definition) is 0. The second-order valence-corrected chi connectivity index (χ2v) is 6.52. The van der Waals surface area contributed by atoms with Crippen molar-refractivity contribution in [3.05, 3.63) is 45.6 Å². The van der Waals surface area contributed by atoms with E-state index in [-0.39, 0.29) is 0 Å². The van der Waals surface area contributed by atoms with Gasteiger partial charge in [0.05, 0.1) is 8.49 Å². The number of halogens is 1. The van der Waals surface area contributed by atoms with E-state index in [9.17, 15) is 0 Å². The van der Waals surface area contributed by atoms with Crippen LogP contribution in [-0.2, 0) is 0 Å². The van der Waals surface area contributed by atoms with Gasteiger partial charge in [-0.1, -0.05) is 30.3 Å². The maximum Gasteiger partial charge on any atom is 0.0797 e. The van der Waals surface area contributed by atoms with Crippen LogP contribution in [0.2, 0.25) is 0 Å². The molecule has 0 saturated heterocycles. The fourth-order valence-electron chi connectivity index (χ4n) is 1.65. The van der Waals surface area contributed by atoms with Gasteiger partial charge in [0, 0.05) is 10.3 Å². The van der Waals surface area contributed by atoms with Gasteiger partial charge in [0.2, 0.25) is 0 Å². The lowest BCUT2D eigenvalue weighted by Crippen LogP contribution is -1.72. The monoisotopic (exact) mass is 294 g/mol. The van der Waals surface area contributed by atoms with Crippen molar-refractivity contribution >= 4 is 48.0 Å². The molecule has 1 aromatic carbocycles. The largest absolute Gasteiger partial charge is 0.142 e. The predicted molar refractivity (Wildman–Crippen MR) is 72.8 cm³/mol. The van der Waals surface area contributed by atoms with Crippen molar-refractivity contribution in [3.8, 4) is 11.1 Å². The molecule has 0 aliphatic heterocycles. The lowest BCUT2D eigenvalue weighted by molar-refractivity contribution is 1.69. The fraction of sp³-hybridized carbons (Fsp3) is 0. The van der Waals surface area contributed by atoms with Gasteiger partial charge in [-0.15, -0.1) is 22.7 Å². The second-order valence-electron chi connectivity index (χ2n) is 3.23. The molecule has 0 amide bonds. The van der Waals surface area contributed by atoms with Crippen LogP contribution in [0.15, 0.2) is 45.6 Å². The van der Waals surface area contributed by atoms with Gasteiger partial charge in [-0.3, -0.25) is 0 Å². The molecule has 0 aliphatic carbocycles. The van der Waals surface area contributed by atoms with Crippen molar-refractivity contribution < 1.29 is 0 Å². The SMILES string of the molecule is Brc1sc2ccsc2c1-c1ccccc1. The summed E-state index contributed by atoms with van der Waals surface area (Å²) in [6.45, 7) is 0. The van der Waals surface area contributed by atoms with E-state index in [0.717, 1.165) is 0 Å². The molecule has 0 radical (unpaired) electrons. The molecule has 2 heterocycles. The molecule has 15 heavy (non-hydrogen) atoms. The molecule has 0 nitrogen and oxygen atoms in total. The van der Waals surface area contributed by atoms with E-state index >= 15 is 0 Å². The first-order valence-corrected chi connectivity index (χ1v) is 7.06. The highest BCUT2D eigenvalue weighted by molar-refractivity contribution is 9.11. The predicted octanol–water partition coefficient (Wildman–Crippen LogP) is 5.39. The number of hydrogen-bond acceptors (Lipinski definition) is 2. The van der Waals surface area contributed by atoms with Crippen LogP contribution in [0.3, 0.4) is 0 Å². The van der Waals surface area contributed by atoms with Crippen molar-refractivity contribution in [2.45, 2.75) is 0 Å². The van der Waals surface area contributed by atoms with Crippen LogP contribution in [0.1, 0.15) is 0 Å². The van der Waals surface area contributed by atoms with E-state index < -0.39 is 0 Å². The molecule has 0 saturated carbocycles. The highest BCUT2D eigenvalue weighted by atomic mass is 79.9. The molecule has 3 rings (SSSR count). The van der Waals surface area contributed by atoms with E-state index in [1.807, 2.05) is 22.7 Å². The summed E-state index contributed by atoms with van der Waals surface area (Å²) in [5, 5.41) is 2.15. The molecule has 0 bridgehead atoms. The van der Waals surface area contributed by atoms with E-state index in [1.165, 1.54) is 24.3 Å². The Hall–Kier alpha value is -0.640. The Bertz CT molecular complexity index is 592. The number of benzene rings is 1. The first-order valence-electron chi connectivity index (χ1n) is 4.57. The Labute approximate surface area is 104 Å². The van der Waals surface area contributed by atoms with Gasteiger partial charge in [0.25, 0.3) is 0 Å². The zero-order chi connectivity index (χ0) is 10.3. The Morgan fingerprint density at radius 2 is 1.80 bits per heavy atom. The summed E-state index contributed by atoms with van der Waals surface area (Å²) in [6, 6.07) is 12.7. The quantitative estimate of drug-likeness (QED) is 0.564. The molecular formula is C12H7BrS2. The highest BCUT2D eigenvalue weighted by Gasteiger charge is 2.12. The Balaban J connectivity index is 2.34. The third kappa shape index (κ3) is 1.55. The minimum Gasteiger partial charge on any atom is -0.142 e. The van der Waals surface area contributed by atoms with Crippen molar-refractivity contribution in [2.75, 3.05) is 0 Å². The Kier molecular flexibility index (Phi) is 2.39. The molecule has 3 heteroatoms. The summed E-state index contributed by atoms with van der Waals surface area (Å²) >= 11 is 7.27. The van der Waals surface area contributed by atoms with Crippen molar-refractivity contribution in [3.63, 3.8) is 0 Å². The van der Waals surface area contributed by atoms with E-state index in [4.69, 9.17) is 0 Å². The first kappa shape index (κ1) is 9.58. The van der Waals surface area contributed by atoms with Crippen LogP contribution in [0.25, 0.3) is 20.5 Å². The van der Waals surface area contributed by atoms with Crippen LogP contribution in [0, 0.1) is 0 Å². The van der Waals surface area contributed by atoms with Crippen LogP contribution in [0.4, 0.5) is 0 Å². The van der Waals surface area contributed by atoms with Crippen molar-refractivity contribution in [1.29, 1.82) is 0 Å². The highest BCUT2D eigenvalue weighted by Crippen LogP contribution is 2.44. The van der Waals surface area contributed by atoms with Crippen LogP contribution >= 0.6 is 38.6 Å². The summed E-state index contributed by atoms with van der Waals surface area (Å²) < 4.78 is 3.99. The lowest BCUT2D eigenvalue weighted by Gasteiger charge is -1.98. The summed E-state index contributed by atoms with van der Waals surface area (Å²) in [6.07, 6.45) is 0. The Morgan fingerprint density at radius 3 is 2.60 bits per heavy atom. The molecule has 3 aromatic rings. The third-order valence-electron chi connectivity index (χ3n) is 2.31. The van der Waals surface area contributed by atoms with Gasteiger partial charge >= 0.3 is 0 Å². The van der Waals surface area contributed by atoms with Crippen LogP contribution in [0.5, 0.6) is 0 Å². The van der Waals surface area contributed by atoms with E-state index in [1.54, 1.807) is 0 Å². The summed E-state index contributed by atoms with van der Waals surface area (Å²) in [5.74, 6) is 0. The zero-order valence-electron chi connectivity index (χ0n) is 7.74. The van der Waals surface area contributed by atoms with Gasteiger partial charge in [-0.25, -0.2) is 0 Å². The average Bonchev–Trinajstić information content (AvgIpc) is 2.78. The van der Waals surface area contributed by atoms with E-state index in [0.29, 0.717) is 0 Å². The minimum absolute atomic E-state index is 1.23. The number of fused-ring (bicyclic) bond motifs is 1. The summed E-state index contributed by atoms with van der Waals surface area (Å²) in [5.41, 5.74) is 2.63. The average molecular weight is 295 g/mol. The van der Waals surface area contributed by atoms with Crippen molar-refractivity contribution in [2.24, 2.45) is 0 Å². The smallest absolute Gasteiger partial charge is 0.0797 e. The molecule has 0 fully saturated rings. The Morgan fingerprint density at radius 1 is 1.00 bits per heavy atom. The van der Waals surface area contributed by atoms with Gasteiger partial charge in [-0.2, -0.15) is 0 Å². The minimum atomic E-state index is 1.23. The molecule has 74 valence electrons. The van der Waals surface area contributed by atoms with Gasteiger partial charge in [0.15, 0.2) is 0 Å². The molecule has 0 N–H and O–H groups in total. The first-order chi connectivity index (χ1) is 7.36. The maximum absolute atomic E-state index is 3.65. The topological polar surface area (TPSA) is 0 Å². The molecule has 0 aliphatic rings. The zero-order valence-corrected chi connectivity index (χ0v) is 11.0. The van der Waals surface area contributed by atoms with Gasteiger partial charge in [-0.05, 0) is 32.9 Å². The molecule has 2 aromatic heterocycles. The number of rotatable bonds is 1. The summed E-state index contributed by atoms with van der Waals surface area (Å²) in [4.78, 5) is 0. The molecular weight excluding hydrogens is 288 g/mol. The van der Waals surface area contributed by atoms with Crippen molar-refractivity contribution in [1.82, 2.24) is 0 Å². The van der Waals surface area contributed by atoms with Gasteiger partial charge in [0.1, 0.15) is 0 Å². The molecule has 0 spiro atoms. The standard InChI is InChI=1S/C12H7BrS2/c13-12-10(8-4-2-1-3-5-8)11-9(15-12)6-7-14-11/h1-7H. The summed E-state index contributed by atoms with van der Waals surface area (Å²) in [7, 11) is 0. The fourth-order valence-corrected chi connectivity index (χ4v) is 4.86. The van der Waals surface area contributed by atoms with Crippen LogP contribution < -0.4 is 0 Å². The van der Waals surface area contributed by atoms with E-state index in [2.05, 4.69) is 57.7 Å². The normalized spacial score (nSPS) is 11.0. The maximum atomic E-state index is 3.65. The lowest BCUT2D eigenvalue weighted by atomic mass is 10.1.